The zero-order chi connectivity index (χ0) is 19.1. The standard InChI is InChI=1S/C11H16N2.C9H8O4/c1-12-7-9-13(10-8-12)11-5-3-2-4-6-11;1-5-6(8(10)11)3-2-4-7(5)9(12)13/h2-6H,7-10H2,1H3;2-4H,1H3,(H,10,11)(H,12,13). The van der Waals surface area contributed by atoms with Crippen molar-refractivity contribution in [3.8, 4) is 0 Å². The molecule has 0 unspecified atom stereocenters. The number of likely N-dealkylation sites (N-methyl/N-ethyl adjacent to an activating group) is 1. The highest BCUT2D eigenvalue weighted by atomic mass is 16.4. The van der Waals surface area contributed by atoms with Gasteiger partial charge in [-0.25, -0.2) is 9.59 Å². The molecule has 1 heterocycles. The molecule has 1 fully saturated rings. The lowest BCUT2D eigenvalue weighted by atomic mass is 10.0. The summed E-state index contributed by atoms with van der Waals surface area (Å²) >= 11 is 0. The van der Waals surface area contributed by atoms with Gasteiger partial charge in [0.2, 0.25) is 0 Å². The zero-order valence-corrected chi connectivity index (χ0v) is 15.1. The number of nitrogens with zero attached hydrogens (tertiary/aromatic N) is 2. The predicted octanol–water partition coefficient (Wildman–Crippen LogP) is 2.83. The van der Waals surface area contributed by atoms with Gasteiger partial charge in [0.15, 0.2) is 0 Å². The lowest BCUT2D eigenvalue weighted by Crippen LogP contribution is -2.44. The minimum atomic E-state index is -1.11. The molecule has 2 N–H and O–H groups in total. The highest BCUT2D eigenvalue weighted by Crippen LogP contribution is 2.15. The molecular weight excluding hydrogens is 332 g/mol. The molecule has 0 radical (unpaired) electrons. The van der Waals surface area contributed by atoms with Gasteiger partial charge in [-0.1, -0.05) is 24.3 Å². The minimum absolute atomic E-state index is 0.0277. The topological polar surface area (TPSA) is 81.1 Å². The van der Waals surface area contributed by atoms with Crippen LogP contribution in [0.3, 0.4) is 0 Å². The van der Waals surface area contributed by atoms with Crippen LogP contribution < -0.4 is 4.90 Å². The summed E-state index contributed by atoms with van der Waals surface area (Å²) in [4.78, 5) is 26.0. The van der Waals surface area contributed by atoms with Gasteiger partial charge < -0.3 is 20.0 Å². The van der Waals surface area contributed by atoms with Crippen molar-refractivity contribution < 1.29 is 19.8 Å². The van der Waals surface area contributed by atoms with Crippen LogP contribution in [0.4, 0.5) is 5.69 Å². The number of piperazine rings is 1. The largest absolute Gasteiger partial charge is 0.478 e. The molecule has 2 aromatic rings. The molecule has 6 nitrogen and oxygen atoms in total. The Bertz CT molecular complexity index is 721. The summed E-state index contributed by atoms with van der Waals surface area (Å²) in [5.41, 5.74) is 1.69. The van der Waals surface area contributed by atoms with Gasteiger partial charge in [0.25, 0.3) is 0 Å². The van der Waals surface area contributed by atoms with E-state index in [-0.39, 0.29) is 16.7 Å². The molecule has 3 rings (SSSR count). The number of benzene rings is 2. The summed E-state index contributed by atoms with van der Waals surface area (Å²) in [7, 11) is 2.18. The smallest absolute Gasteiger partial charge is 0.335 e. The average molecular weight is 356 g/mol. The van der Waals surface area contributed by atoms with Crippen LogP contribution in [0.2, 0.25) is 0 Å². The van der Waals surface area contributed by atoms with E-state index in [1.807, 2.05) is 0 Å². The molecule has 1 aliphatic rings. The number of hydrogen-bond acceptors (Lipinski definition) is 4. The fourth-order valence-electron chi connectivity index (χ4n) is 2.80. The number of anilines is 1. The van der Waals surface area contributed by atoms with Crippen LogP contribution in [0.1, 0.15) is 26.3 Å². The maximum atomic E-state index is 10.6. The first-order chi connectivity index (χ1) is 12.4. The van der Waals surface area contributed by atoms with Crippen LogP contribution in [0, 0.1) is 6.92 Å². The Balaban J connectivity index is 0.000000187. The molecule has 138 valence electrons. The first-order valence-electron chi connectivity index (χ1n) is 8.45. The number of carboxylic acids is 2. The number of carboxylic acid groups (broad SMARTS) is 2. The maximum absolute atomic E-state index is 10.6. The SMILES string of the molecule is CN1CCN(c2ccccc2)CC1.Cc1c(C(=O)O)cccc1C(=O)O. The van der Waals surface area contributed by atoms with Crippen LogP contribution >= 0.6 is 0 Å². The van der Waals surface area contributed by atoms with Gasteiger partial charge >= 0.3 is 11.9 Å². The molecule has 0 bridgehead atoms. The van der Waals surface area contributed by atoms with Gasteiger partial charge in [-0.15, -0.1) is 0 Å². The fraction of sp³-hybridized carbons (Fsp3) is 0.300. The molecule has 0 spiro atoms. The summed E-state index contributed by atoms with van der Waals surface area (Å²) in [6.45, 7) is 6.14. The van der Waals surface area contributed by atoms with E-state index < -0.39 is 11.9 Å². The van der Waals surface area contributed by atoms with Crippen molar-refractivity contribution in [2.75, 3.05) is 38.1 Å². The van der Waals surface area contributed by atoms with E-state index in [0.29, 0.717) is 0 Å². The van der Waals surface area contributed by atoms with Crippen molar-refractivity contribution in [3.63, 3.8) is 0 Å². The molecule has 6 heteroatoms. The number of aromatic carboxylic acids is 2. The van der Waals surface area contributed by atoms with Gasteiger partial charge in [0.05, 0.1) is 11.1 Å². The maximum Gasteiger partial charge on any atom is 0.335 e. The van der Waals surface area contributed by atoms with Gasteiger partial charge in [0, 0.05) is 31.9 Å². The molecule has 1 saturated heterocycles. The van der Waals surface area contributed by atoms with Crippen molar-refractivity contribution in [2.45, 2.75) is 6.92 Å². The summed E-state index contributed by atoms with van der Waals surface area (Å²) in [5, 5.41) is 17.4. The molecule has 1 aliphatic heterocycles. The zero-order valence-electron chi connectivity index (χ0n) is 15.1. The Kier molecular flexibility index (Phi) is 6.74. The molecule has 0 amide bonds. The number of para-hydroxylation sites is 1. The van der Waals surface area contributed by atoms with E-state index in [1.54, 1.807) is 0 Å². The summed E-state index contributed by atoms with van der Waals surface area (Å²) < 4.78 is 0. The average Bonchev–Trinajstić information content (AvgIpc) is 2.63. The highest BCUT2D eigenvalue weighted by molar-refractivity contribution is 5.96. The van der Waals surface area contributed by atoms with Crippen LogP contribution in [0.15, 0.2) is 48.5 Å². The summed E-state index contributed by atoms with van der Waals surface area (Å²) in [6, 6.07) is 14.8. The highest BCUT2D eigenvalue weighted by Gasteiger charge is 2.14. The van der Waals surface area contributed by atoms with E-state index in [1.165, 1.54) is 43.9 Å². The van der Waals surface area contributed by atoms with Crippen molar-refractivity contribution >= 4 is 17.6 Å². The van der Waals surface area contributed by atoms with Crippen LogP contribution in [-0.4, -0.2) is 60.3 Å². The molecule has 0 atom stereocenters. The van der Waals surface area contributed by atoms with Crippen molar-refractivity contribution in [2.24, 2.45) is 0 Å². The van der Waals surface area contributed by atoms with Crippen molar-refractivity contribution in [1.29, 1.82) is 0 Å². The molecular formula is C20H24N2O4. The van der Waals surface area contributed by atoms with Crippen molar-refractivity contribution in [3.05, 3.63) is 65.2 Å². The molecule has 0 aliphatic carbocycles. The second-order valence-corrected chi connectivity index (χ2v) is 6.21. The van der Waals surface area contributed by atoms with E-state index in [9.17, 15) is 9.59 Å². The normalized spacial score (nSPS) is 14.3. The Labute approximate surface area is 153 Å². The van der Waals surface area contributed by atoms with Gasteiger partial charge in [-0.2, -0.15) is 0 Å². The predicted molar refractivity (Wildman–Crippen MR) is 101 cm³/mol. The quantitative estimate of drug-likeness (QED) is 0.880. The fourth-order valence-corrected chi connectivity index (χ4v) is 2.80. The monoisotopic (exact) mass is 356 g/mol. The molecule has 0 saturated carbocycles. The van der Waals surface area contributed by atoms with Crippen LogP contribution in [-0.2, 0) is 0 Å². The first-order valence-corrected chi connectivity index (χ1v) is 8.45. The van der Waals surface area contributed by atoms with Crippen LogP contribution in [0.5, 0.6) is 0 Å². The van der Waals surface area contributed by atoms with Crippen molar-refractivity contribution in [1.82, 2.24) is 4.90 Å². The second-order valence-electron chi connectivity index (χ2n) is 6.21. The molecule has 26 heavy (non-hydrogen) atoms. The lowest BCUT2D eigenvalue weighted by Gasteiger charge is -2.33. The Morgan fingerprint density at radius 3 is 1.77 bits per heavy atom. The van der Waals surface area contributed by atoms with Gasteiger partial charge in [-0.3, -0.25) is 0 Å². The molecule has 0 aromatic heterocycles. The van der Waals surface area contributed by atoms with Gasteiger partial charge in [0.1, 0.15) is 0 Å². The number of rotatable bonds is 3. The van der Waals surface area contributed by atoms with Crippen LogP contribution in [0.25, 0.3) is 0 Å². The Morgan fingerprint density at radius 2 is 1.31 bits per heavy atom. The summed E-state index contributed by atoms with van der Waals surface area (Å²) in [6.07, 6.45) is 0. The minimum Gasteiger partial charge on any atom is -0.478 e. The summed E-state index contributed by atoms with van der Waals surface area (Å²) in [5.74, 6) is -2.22. The van der Waals surface area contributed by atoms with E-state index in [0.717, 1.165) is 13.1 Å². The van der Waals surface area contributed by atoms with E-state index in [2.05, 4.69) is 47.2 Å². The first kappa shape index (κ1) is 19.5. The lowest BCUT2D eigenvalue weighted by molar-refractivity contribution is 0.0696. The third-order valence-corrected chi connectivity index (χ3v) is 4.42. The van der Waals surface area contributed by atoms with Gasteiger partial charge in [-0.05, 0) is 43.8 Å². The molecule has 2 aromatic carbocycles. The van der Waals surface area contributed by atoms with E-state index in [4.69, 9.17) is 10.2 Å². The number of hydrogen-bond donors (Lipinski definition) is 2. The van der Waals surface area contributed by atoms with E-state index >= 15 is 0 Å². The number of carbonyl (C=O) groups is 2. The third kappa shape index (κ3) is 5.07. The Morgan fingerprint density at radius 1 is 0.808 bits per heavy atom. The third-order valence-electron chi connectivity index (χ3n) is 4.42. The second kappa shape index (κ2) is 9.01. The Hall–Kier alpha value is -2.86.